The number of halogens is 1. The third-order valence-corrected chi connectivity index (χ3v) is 4.81. The van der Waals surface area contributed by atoms with Crippen LogP contribution in [0.4, 0.5) is 5.69 Å². The van der Waals surface area contributed by atoms with E-state index in [4.69, 9.17) is 11.6 Å². The fourth-order valence-electron chi connectivity index (χ4n) is 2.70. The molecule has 1 fully saturated rings. The second-order valence-corrected chi connectivity index (χ2v) is 7.89. The minimum atomic E-state index is -3.44. The van der Waals surface area contributed by atoms with E-state index in [0.717, 1.165) is 38.6 Å². The molecule has 1 heterocycles. The molecule has 1 atom stereocenters. The Morgan fingerprint density at radius 1 is 1.45 bits per heavy atom. The van der Waals surface area contributed by atoms with E-state index in [1.165, 1.54) is 6.07 Å². The monoisotopic (exact) mass is 344 g/mol. The topological polar surface area (TPSA) is 66.5 Å². The van der Waals surface area contributed by atoms with Crippen LogP contribution >= 0.6 is 11.6 Å². The molecular formula is C15H21ClN2O3S. The molecule has 1 N–H and O–H groups in total. The van der Waals surface area contributed by atoms with Crippen molar-refractivity contribution in [3.8, 4) is 0 Å². The SMILES string of the molecule is CCC1CCCN(C(=O)c2ccc(Cl)c(NS(C)(=O)=O)c2)C1. The van der Waals surface area contributed by atoms with Crippen molar-refractivity contribution in [1.82, 2.24) is 4.90 Å². The van der Waals surface area contributed by atoms with Crippen LogP contribution in [-0.2, 0) is 10.0 Å². The van der Waals surface area contributed by atoms with Crippen molar-refractivity contribution < 1.29 is 13.2 Å². The van der Waals surface area contributed by atoms with E-state index >= 15 is 0 Å². The number of carbonyl (C=O) groups is 1. The van der Waals surface area contributed by atoms with Crippen LogP contribution in [0.15, 0.2) is 18.2 Å². The van der Waals surface area contributed by atoms with Crippen molar-refractivity contribution >= 4 is 33.2 Å². The maximum absolute atomic E-state index is 12.6. The first-order valence-corrected chi connectivity index (χ1v) is 9.63. The van der Waals surface area contributed by atoms with E-state index in [-0.39, 0.29) is 16.6 Å². The summed E-state index contributed by atoms with van der Waals surface area (Å²) in [6, 6.07) is 4.68. The van der Waals surface area contributed by atoms with E-state index in [1.807, 2.05) is 4.90 Å². The molecule has 1 amide bonds. The number of benzene rings is 1. The van der Waals surface area contributed by atoms with Gasteiger partial charge in [-0.05, 0) is 37.0 Å². The fraction of sp³-hybridized carbons (Fsp3) is 0.533. The van der Waals surface area contributed by atoms with Gasteiger partial charge in [-0.3, -0.25) is 9.52 Å². The Balaban J connectivity index is 2.21. The minimum absolute atomic E-state index is 0.0774. The summed E-state index contributed by atoms with van der Waals surface area (Å²) >= 11 is 5.99. The van der Waals surface area contributed by atoms with Crippen molar-refractivity contribution in [2.75, 3.05) is 24.1 Å². The Hall–Kier alpha value is -1.27. The predicted molar refractivity (Wildman–Crippen MR) is 88.8 cm³/mol. The second-order valence-electron chi connectivity index (χ2n) is 5.74. The van der Waals surface area contributed by atoms with Gasteiger partial charge in [0.05, 0.1) is 17.0 Å². The van der Waals surface area contributed by atoms with Gasteiger partial charge < -0.3 is 4.90 Å². The summed E-state index contributed by atoms with van der Waals surface area (Å²) < 4.78 is 25.0. The van der Waals surface area contributed by atoms with Crippen LogP contribution in [0.5, 0.6) is 0 Å². The van der Waals surface area contributed by atoms with Crippen LogP contribution in [0.2, 0.25) is 5.02 Å². The van der Waals surface area contributed by atoms with Crippen molar-refractivity contribution in [2.45, 2.75) is 26.2 Å². The molecule has 1 aliphatic heterocycles. The first-order valence-electron chi connectivity index (χ1n) is 7.36. The Morgan fingerprint density at radius 3 is 2.82 bits per heavy atom. The van der Waals surface area contributed by atoms with Crippen LogP contribution in [0.25, 0.3) is 0 Å². The highest BCUT2D eigenvalue weighted by Gasteiger charge is 2.24. The van der Waals surface area contributed by atoms with Gasteiger partial charge in [0.25, 0.3) is 5.91 Å². The lowest BCUT2D eigenvalue weighted by Gasteiger charge is -2.32. The Labute approximate surface area is 136 Å². The molecular weight excluding hydrogens is 324 g/mol. The van der Waals surface area contributed by atoms with E-state index in [0.29, 0.717) is 11.5 Å². The number of rotatable bonds is 4. The number of hydrogen-bond acceptors (Lipinski definition) is 3. The van der Waals surface area contributed by atoms with E-state index in [2.05, 4.69) is 11.6 Å². The molecule has 5 nitrogen and oxygen atoms in total. The number of sulfonamides is 1. The molecule has 122 valence electrons. The number of piperidine rings is 1. The molecule has 0 aliphatic carbocycles. The van der Waals surface area contributed by atoms with Crippen LogP contribution in [-0.4, -0.2) is 38.6 Å². The highest BCUT2D eigenvalue weighted by Crippen LogP contribution is 2.26. The first-order chi connectivity index (χ1) is 10.3. The molecule has 1 aliphatic rings. The average Bonchev–Trinajstić information content (AvgIpc) is 2.47. The Morgan fingerprint density at radius 2 is 2.18 bits per heavy atom. The predicted octanol–water partition coefficient (Wildman–Crippen LogP) is 2.97. The molecule has 1 aromatic rings. The average molecular weight is 345 g/mol. The smallest absolute Gasteiger partial charge is 0.253 e. The number of anilines is 1. The molecule has 0 saturated carbocycles. The van der Waals surface area contributed by atoms with Gasteiger partial charge in [0.1, 0.15) is 0 Å². The number of likely N-dealkylation sites (tertiary alicyclic amines) is 1. The third kappa shape index (κ3) is 4.36. The van der Waals surface area contributed by atoms with Crippen LogP contribution < -0.4 is 4.72 Å². The van der Waals surface area contributed by atoms with Crippen LogP contribution in [0, 0.1) is 5.92 Å². The van der Waals surface area contributed by atoms with Crippen LogP contribution in [0.3, 0.4) is 0 Å². The summed E-state index contributed by atoms with van der Waals surface area (Å²) in [5.74, 6) is 0.463. The number of carbonyl (C=O) groups excluding carboxylic acids is 1. The number of nitrogens with zero attached hydrogens (tertiary/aromatic N) is 1. The molecule has 1 aromatic carbocycles. The van der Waals surface area contributed by atoms with E-state index in [9.17, 15) is 13.2 Å². The zero-order valence-electron chi connectivity index (χ0n) is 12.8. The molecule has 2 rings (SSSR count). The third-order valence-electron chi connectivity index (χ3n) is 3.89. The van der Waals surface area contributed by atoms with Crippen molar-refractivity contribution in [3.05, 3.63) is 28.8 Å². The molecule has 7 heteroatoms. The van der Waals surface area contributed by atoms with Gasteiger partial charge in [-0.15, -0.1) is 0 Å². The molecule has 0 aromatic heterocycles. The number of amides is 1. The van der Waals surface area contributed by atoms with Crippen LogP contribution in [0.1, 0.15) is 36.5 Å². The zero-order valence-corrected chi connectivity index (χ0v) is 14.4. The normalized spacial score (nSPS) is 19.0. The summed E-state index contributed by atoms with van der Waals surface area (Å²) in [5, 5.41) is 0.270. The van der Waals surface area contributed by atoms with Gasteiger partial charge in [-0.1, -0.05) is 24.9 Å². The summed E-state index contributed by atoms with van der Waals surface area (Å²) in [7, 11) is -3.44. The summed E-state index contributed by atoms with van der Waals surface area (Å²) in [6.45, 7) is 3.63. The first kappa shape index (κ1) is 17.1. The minimum Gasteiger partial charge on any atom is -0.338 e. The molecule has 0 spiro atoms. The largest absolute Gasteiger partial charge is 0.338 e. The van der Waals surface area contributed by atoms with Gasteiger partial charge in [0.2, 0.25) is 10.0 Å². The fourth-order valence-corrected chi connectivity index (χ4v) is 3.49. The van der Waals surface area contributed by atoms with Gasteiger partial charge in [-0.25, -0.2) is 8.42 Å². The van der Waals surface area contributed by atoms with Crippen molar-refractivity contribution in [1.29, 1.82) is 0 Å². The lowest BCUT2D eigenvalue weighted by Crippen LogP contribution is -2.39. The zero-order chi connectivity index (χ0) is 16.3. The van der Waals surface area contributed by atoms with Gasteiger partial charge in [0.15, 0.2) is 0 Å². The molecule has 0 radical (unpaired) electrons. The second kappa shape index (κ2) is 6.87. The maximum Gasteiger partial charge on any atom is 0.253 e. The number of nitrogens with one attached hydrogen (secondary N) is 1. The van der Waals surface area contributed by atoms with Gasteiger partial charge in [-0.2, -0.15) is 0 Å². The van der Waals surface area contributed by atoms with Gasteiger partial charge >= 0.3 is 0 Å². The summed E-state index contributed by atoms with van der Waals surface area (Å²) in [5.41, 5.74) is 0.686. The highest BCUT2D eigenvalue weighted by molar-refractivity contribution is 7.92. The molecule has 0 bridgehead atoms. The quantitative estimate of drug-likeness (QED) is 0.913. The summed E-state index contributed by atoms with van der Waals surface area (Å²) in [6.07, 6.45) is 4.27. The van der Waals surface area contributed by atoms with Gasteiger partial charge in [0, 0.05) is 18.7 Å². The van der Waals surface area contributed by atoms with Crippen molar-refractivity contribution in [2.24, 2.45) is 5.92 Å². The maximum atomic E-state index is 12.6. The summed E-state index contributed by atoms with van der Waals surface area (Å²) in [4.78, 5) is 14.4. The Bertz CT molecular complexity index is 661. The molecule has 1 unspecified atom stereocenters. The Kier molecular flexibility index (Phi) is 5.34. The molecule has 1 saturated heterocycles. The van der Waals surface area contributed by atoms with Crippen molar-refractivity contribution in [3.63, 3.8) is 0 Å². The lowest BCUT2D eigenvalue weighted by atomic mass is 9.95. The van der Waals surface area contributed by atoms with E-state index in [1.54, 1.807) is 12.1 Å². The molecule has 22 heavy (non-hydrogen) atoms. The number of hydrogen-bond donors (Lipinski definition) is 1. The highest BCUT2D eigenvalue weighted by atomic mass is 35.5. The standard InChI is InChI=1S/C15H21ClN2O3S/c1-3-11-5-4-8-18(10-11)15(19)12-6-7-13(16)14(9-12)17-22(2,20)21/h6-7,9,11,17H,3-5,8,10H2,1-2H3. The lowest BCUT2D eigenvalue weighted by molar-refractivity contribution is 0.0671. The van der Waals surface area contributed by atoms with E-state index < -0.39 is 10.0 Å².